The second-order valence-electron chi connectivity index (χ2n) is 4.14. The highest BCUT2D eigenvalue weighted by molar-refractivity contribution is 4.68. The summed E-state index contributed by atoms with van der Waals surface area (Å²) in [6.45, 7) is 4.46. The molecule has 0 amide bonds. The Balaban J connectivity index is 1.91. The van der Waals surface area contributed by atoms with E-state index in [1.807, 2.05) is 0 Å². The van der Waals surface area contributed by atoms with Crippen molar-refractivity contribution in [2.45, 2.75) is 51.2 Å². The number of hydrogen-bond acceptors (Lipinski definition) is 3. The Bertz CT molecular complexity index is 135. The maximum absolute atomic E-state index is 8.67. The molecule has 0 saturated carbocycles. The van der Waals surface area contributed by atoms with E-state index in [0.717, 1.165) is 32.4 Å². The van der Waals surface area contributed by atoms with Crippen molar-refractivity contribution in [1.29, 1.82) is 0 Å². The minimum absolute atomic E-state index is 0.303. The topological polar surface area (TPSA) is 41.5 Å². The molecule has 1 fully saturated rings. The summed E-state index contributed by atoms with van der Waals surface area (Å²) in [5.74, 6) is 0. The van der Waals surface area contributed by atoms with Gasteiger partial charge in [-0.3, -0.25) is 0 Å². The van der Waals surface area contributed by atoms with E-state index in [9.17, 15) is 0 Å². The first kappa shape index (κ1) is 12.0. The van der Waals surface area contributed by atoms with Gasteiger partial charge in [0.05, 0.1) is 6.10 Å². The maximum Gasteiger partial charge on any atom is 0.0588 e. The molecule has 0 aromatic carbocycles. The lowest BCUT2D eigenvalue weighted by molar-refractivity contribution is 0.103. The third-order valence-corrected chi connectivity index (χ3v) is 2.78. The van der Waals surface area contributed by atoms with Gasteiger partial charge in [0.1, 0.15) is 0 Å². The number of aliphatic hydroxyl groups is 1. The van der Waals surface area contributed by atoms with Crippen LogP contribution in [-0.4, -0.2) is 37.0 Å². The van der Waals surface area contributed by atoms with Crippen LogP contribution in [0.15, 0.2) is 0 Å². The van der Waals surface area contributed by atoms with Crippen LogP contribution in [0.5, 0.6) is 0 Å². The van der Waals surface area contributed by atoms with E-state index in [-0.39, 0.29) is 0 Å². The summed E-state index contributed by atoms with van der Waals surface area (Å²) in [5, 5.41) is 12.1. The second kappa shape index (κ2) is 7.21. The van der Waals surface area contributed by atoms with Crippen molar-refractivity contribution in [2.24, 2.45) is 0 Å². The SMILES string of the molecule is CC(CCCO)NCCC1CCCO1. The van der Waals surface area contributed by atoms with E-state index in [1.165, 1.54) is 12.8 Å². The van der Waals surface area contributed by atoms with Crippen LogP contribution in [0.1, 0.15) is 39.0 Å². The number of rotatable bonds is 7. The summed E-state index contributed by atoms with van der Waals surface area (Å²) < 4.78 is 5.54. The lowest BCUT2D eigenvalue weighted by Gasteiger charge is -2.15. The average Bonchev–Trinajstić information content (AvgIpc) is 2.67. The van der Waals surface area contributed by atoms with Crippen molar-refractivity contribution in [3.05, 3.63) is 0 Å². The summed E-state index contributed by atoms with van der Waals surface area (Å²) in [6.07, 6.45) is 6.03. The Morgan fingerprint density at radius 2 is 2.43 bits per heavy atom. The monoisotopic (exact) mass is 201 g/mol. The Hall–Kier alpha value is -0.120. The zero-order chi connectivity index (χ0) is 10.2. The molecule has 2 unspecified atom stereocenters. The first-order valence-corrected chi connectivity index (χ1v) is 5.78. The van der Waals surface area contributed by atoms with Crippen LogP contribution in [0, 0.1) is 0 Å². The Kier molecular flexibility index (Phi) is 6.15. The van der Waals surface area contributed by atoms with Gasteiger partial charge in [-0.25, -0.2) is 0 Å². The van der Waals surface area contributed by atoms with Gasteiger partial charge in [-0.2, -0.15) is 0 Å². The fourth-order valence-electron chi connectivity index (χ4n) is 1.86. The third kappa shape index (κ3) is 4.94. The van der Waals surface area contributed by atoms with Crippen molar-refractivity contribution in [2.75, 3.05) is 19.8 Å². The van der Waals surface area contributed by atoms with Gasteiger partial charge in [-0.1, -0.05) is 0 Å². The standard InChI is InChI=1S/C11H23NO2/c1-10(4-2-8-13)12-7-6-11-5-3-9-14-11/h10-13H,2-9H2,1H3. The molecule has 1 saturated heterocycles. The smallest absolute Gasteiger partial charge is 0.0588 e. The minimum atomic E-state index is 0.303. The first-order chi connectivity index (χ1) is 6.83. The van der Waals surface area contributed by atoms with Crippen LogP contribution in [0.2, 0.25) is 0 Å². The van der Waals surface area contributed by atoms with Crippen LogP contribution >= 0.6 is 0 Å². The molecule has 0 bridgehead atoms. The van der Waals surface area contributed by atoms with Gasteiger partial charge >= 0.3 is 0 Å². The Morgan fingerprint density at radius 3 is 3.07 bits per heavy atom. The van der Waals surface area contributed by atoms with E-state index >= 15 is 0 Å². The van der Waals surface area contributed by atoms with E-state index in [1.54, 1.807) is 0 Å². The first-order valence-electron chi connectivity index (χ1n) is 5.78. The molecule has 1 aliphatic heterocycles. The fourth-order valence-corrected chi connectivity index (χ4v) is 1.86. The highest BCUT2D eigenvalue weighted by atomic mass is 16.5. The number of ether oxygens (including phenoxy) is 1. The molecular weight excluding hydrogens is 178 g/mol. The molecule has 2 N–H and O–H groups in total. The van der Waals surface area contributed by atoms with Crippen molar-refractivity contribution < 1.29 is 9.84 Å². The van der Waals surface area contributed by atoms with Gasteiger partial charge < -0.3 is 15.2 Å². The predicted molar refractivity (Wildman–Crippen MR) is 57.4 cm³/mol. The Labute approximate surface area is 86.8 Å². The summed E-state index contributed by atoms with van der Waals surface area (Å²) in [4.78, 5) is 0. The predicted octanol–water partition coefficient (Wildman–Crippen LogP) is 1.31. The zero-order valence-electron chi connectivity index (χ0n) is 9.17. The van der Waals surface area contributed by atoms with Crippen LogP contribution in [0.3, 0.4) is 0 Å². The number of aliphatic hydroxyl groups excluding tert-OH is 1. The quantitative estimate of drug-likeness (QED) is 0.652. The lowest BCUT2D eigenvalue weighted by atomic mass is 10.1. The molecule has 3 nitrogen and oxygen atoms in total. The molecule has 0 spiro atoms. The average molecular weight is 201 g/mol. The largest absolute Gasteiger partial charge is 0.396 e. The Morgan fingerprint density at radius 1 is 1.57 bits per heavy atom. The summed E-state index contributed by atoms with van der Waals surface area (Å²) >= 11 is 0. The number of nitrogens with one attached hydrogen (secondary N) is 1. The fraction of sp³-hybridized carbons (Fsp3) is 1.00. The van der Waals surface area contributed by atoms with Gasteiger partial charge in [-0.15, -0.1) is 0 Å². The maximum atomic E-state index is 8.67. The van der Waals surface area contributed by atoms with Gasteiger partial charge in [0.25, 0.3) is 0 Å². The van der Waals surface area contributed by atoms with Gasteiger partial charge in [-0.05, 0) is 45.6 Å². The zero-order valence-corrected chi connectivity index (χ0v) is 9.17. The summed E-state index contributed by atoms with van der Waals surface area (Å²) in [6, 6.07) is 0.517. The van der Waals surface area contributed by atoms with E-state index < -0.39 is 0 Å². The lowest BCUT2D eigenvalue weighted by Crippen LogP contribution is -2.29. The van der Waals surface area contributed by atoms with Crippen LogP contribution in [0.4, 0.5) is 0 Å². The van der Waals surface area contributed by atoms with Crippen molar-refractivity contribution in [3.8, 4) is 0 Å². The van der Waals surface area contributed by atoms with Gasteiger partial charge in [0.2, 0.25) is 0 Å². The molecule has 1 heterocycles. The minimum Gasteiger partial charge on any atom is -0.396 e. The molecule has 0 aliphatic carbocycles. The van der Waals surface area contributed by atoms with Crippen molar-refractivity contribution >= 4 is 0 Å². The molecular formula is C11H23NO2. The molecule has 84 valence electrons. The third-order valence-electron chi connectivity index (χ3n) is 2.78. The molecule has 14 heavy (non-hydrogen) atoms. The molecule has 0 radical (unpaired) electrons. The number of hydrogen-bond donors (Lipinski definition) is 2. The molecule has 2 atom stereocenters. The normalized spacial score (nSPS) is 24.0. The molecule has 0 aromatic heterocycles. The van der Waals surface area contributed by atoms with Crippen LogP contribution in [-0.2, 0) is 4.74 Å². The van der Waals surface area contributed by atoms with Crippen molar-refractivity contribution in [1.82, 2.24) is 5.32 Å². The molecule has 1 aliphatic rings. The molecule has 3 heteroatoms. The van der Waals surface area contributed by atoms with Crippen LogP contribution < -0.4 is 5.32 Å². The highest BCUT2D eigenvalue weighted by Crippen LogP contribution is 2.14. The molecule has 0 aromatic rings. The van der Waals surface area contributed by atoms with E-state index in [4.69, 9.17) is 9.84 Å². The molecule has 1 rings (SSSR count). The summed E-state index contributed by atoms with van der Waals surface area (Å²) in [7, 11) is 0. The van der Waals surface area contributed by atoms with Gasteiger partial charge in [0.15, 0.2) is 0 Å². The highest BCUT2D eigenvalue weighted by Gasteiger charge is 2.14. The van der Waals surface area contributed by atoms with E-state index in [2.05, 4.69) is 12.2 Å². The second-order valence-corrected chi connectivity index (χ2v) is 4.14. The van der Waals surface area contributed by atoms with Crippen molar-refractivity contribution in [3.63, 3.8) is 0 Å². The van der Waals surface area contributed by atoms with Crippen LogP contribution in [0.25, 0.3) is 0 Å². The van der Waals surface area contributed by atoms with Gasteiger partial charge in [0, 0.05) is 19.3 Å². The van der Waals surface area contributed by atoms with E-state index in [0.29, 0.717) is 18.8 Å². The summed E-state index contributed by atoms with van der Waals surface area (Å²) in [5.41, 5.74) is 0.